The summed E-state index contributed by atoms with van der Waals surface area (Å²) < 4.78 is 37.4. The Labute approximate surface area is 135 Å². The van der Waals surface area contributed by atoms with Crippen LogP contribution in [0.15, 0.2) is 29.2 Å². The van der Waals surface area contributed by atoms with Crippen LogP contribution in [-0.4, -0.2) is 45.8 Å². The number of hydrogen-bond donors (Lipinski definition) is 1. The van der Waals surface area contributed by atoms with Gasteiger partial charge in [-0.15, -0.1) is 0 Å². The first-order valence-corrected chi connectivity index (χ1v) is 8.91. The Balaban J connectivity index is 1.73. The molecule has 0 spiro atoms. The van der Waals surface area contributed by atoms with Gasteiger partial charge in [-0.25, -0.2) is 13.1 Å². The minimum absolute atomic E-state index is 0.119. The Bertz CT molecular complexity index is 628. The van der Waals surface area contributed by atoms with Crippen LogP contribution in [0.5, 0.6) is 0 Å². The number of ether oxygens (including phenoxy) is 2. The number of benzene rings is 1. The maximum Gasteiger partial charge on any atom is 0.270 e. The SMILES string of the molecule is O=[N+]([O-])c1cccc(S(=O)(=O)NCCCOCC2CCCO2)c1. The normalized spacial score (nSPS) is 18.2. The summed E-state index contributed by atoms with van der Waals surface area (Å²) in [5, 5.41) is 10.7. The van der Waals surface area contributed by atoms with Crippen molar-refractivity contribution in [3.63, 3.8) is 0 Å². The van der Waals surface area contributed by atoms with Crippen molar-refractivity contribution < 1.29 is 22.8 Å². The van der Waals surface area contributed by atoms with Gasteiger partial charge in [0.2, 0.25) is 10.0 Å². The van der Waals surface area contributed by atoms with E-state index in [2.05, 4.69) is 4.72 Å². The molecule has 8 nitrogen and oxygen atoms in total. The average Bonchev–Trinajstić information content (AvgIpc) is 3.04. The van der Waals surface area contributed by atoms with Crippen LogP contribution in [0, 0.1) is 10.1 Å². The third-order valence-corrected chi connectivity index (χ3v) is 4.88. The Morgan fingerprint density at radius 1 is 1.43 bits per heavy atom. The molecule has 0 saturated carbocycles. The van der Waals surface area contributed by atoms with E-state index in [9.17, 15) is 18.5 Å². The van der Waals surface area contributed by atoms with E-state index in [1.54, 1.807) is 0 Å². The molecule has 1 aromatic rings. The number of nitrogens with one attached hydrogen (secondary N) is 1. The summed E-state index contributed by atoms with van der Waals surface area (Å²) in [6.45, 7) is 1.93. The van der Waals surface area contributed by atoms with Crippen molar-refractivity contribution >= 4 is 15.7 Å². The Hall–Kier alpha value is -1.55. The Morgan fingerprint density at radius 2 is 2.26 bits per heavy atom. The van der Waals surface area contributed by atoms with Crippen LogP contribution in [0.25, 0.3) is 0 Å². The number of nitrogens with zero attached hydrogens (tertiary/aromatic N) is 1. The van der Waals surface area contributed by atoms with Gasteiger partial charge in [0.1, 0.15) is 0 Å². The number of nitro groups is 1. The van der Waals surface area contributed by atoms with Crippen molar-refractivity contribution in [2.24, 2.45) is 0 Å². The van der Waals surface area contributed by atoms with E-state index in [0.29, 0.717) is 19.6 Å². The molecule has 0 aromatic heterocycles. The zero-order valence-electron chi connectivity index (χ0n) is 12.6. The van der Waals surface area contributed by atoms with Crippen LogP contribution in [0.4, 0.5) is 5.69 Å². The molecular formula is C14H20N2O6S. The molecule has 1 fully saturated rings. The molecule has 0 bridgehead atoms. The topological polar surface area (TPSA) is 108 Å². The number of non-ortho nitro benzene ring substituents is 1. The van der Waals surface area contributed by atoms with E-state index < -0.39 is 14.9 Å². The first-order chi connectivity index (χ1) is 11.0. The highest BCUT2D eigenvalue weighted by molar-refractivity contribution is 7.89. The highest BCUT2D eigenvalue weighted by Gasteiger charge is 2.17. The summed E-state index contributed by atoms with van der Waals surface area (Å²) in [5.74, 6) is 0. The number of rotatable bonds is 9. The molecule has 1 heterocycles. The van der Waals surface area contributed by atoms with Crippen molar-refractivity contribution in [2.45, 2.75) is 30.3 Å². The lowest BCUT2D eigenvalue weighted by Crippen LogP contribution is -2.26. The summed E-state index contributed by atoms with van der Waals surface area (Å²) >= 11 is 0. The minimum Gasteiger partial charge on any atom is -0.379 e. The summed E-state index contributed by atoms with van der Waals surface area (Å²) in [5.41, 5.74) is -0.257. The van der Waals surface area contributed by atoms with Gasteiger partial charge >= 0.3 is 0 Å². The fraction of sp³-hybridized carbons (Fsp3) is 0.571. The van der Waals surface area contributed by atoms with Gasteiger partial charge in [-0.2, -0.15) is 0 Å². The zero-order valence-corrected chi connectivity index (χ0v) is 13.5. The van der Waals surface area contributed by atoms with Crippen molar-refractivity contribution in [3.05, 3.63) is 34.4 Å². The summed E-state index contributed by atoms with van der Waals surface area (Å²) in [6.07, 6.45) is 2.72. The maximum absolute atomic E-state index is 12.1. The quantitative estimate of drug-likeness (QED) is 0.413. The van der Waals surface area contributed by atoms with Crippen molar-refractivity contribution in [1.82, 2.24) is 4.72 Å². The molecule has 1 saturated heterocycles. The highest BCUT2D eigenvalue weighted by atomic mass is 32.2. The third-order valence-electron chi connectivity index (χ3n) is 3.42. The summed E-state index contributed by atoms with van der Waals surface area (Å²) in [6, 6.07) is 4.95. The Kier molecular flexibility index (Phi) is 6.46. The van der Waals surface area contributed by atoms with Crippen LogP contribution >= 0.6 is 0 Å². The van der Waals surface area contributed by atoms with Gasteiger partial charge in [-0.05, 0) is 25.3 Å². The maximum atomic E-state index is 12.1. The van der Waals surface area contributed by atoms with Gasteiger partial charge in [0.05, 0.1) is 22.5 Å². The molecule has 1 unspecified atom stereocenters. The molecule has 0 radical (unpaired) electrons. The fourth-order valence-electron chi connectivity index (χ4n) is 2.22. The van der Waals surface area contributed by atoms with Crippen molar-refractivity contribution in [2.75, 3.05) is 26.4 Å². The van der Waals surface area contributed by atoms with Crippen LogP contribution in [-0.2, 0) is 19.5 Å². The second kappa shape index (κ2) is 8.34. The van der Waals surface area contributed by atoms with E-state index in [-0.39, 0.29) is 23.2 Å². The van der Waals surface area contributed by atoms with Gasteiger partial charge in [0.25, 0.3) is 5.69 Å². The lowest BCUT2D eigenvalue weighted by atomic mass is 10.2. The first-order valence-electron chi connectivity index (χ1n) is 7.42. The monoisotopic (exact) mass is 344 g/mol. The first kappa shape index (κ1) is 17.8. The van der Waals surface area contributed by atoms with E-state index in [1.165, 1.54) is 18.2 Å². The van der Waals surface area contributed by atoms with E-state index in [4.69, 9.17) is 9.47 Å². The molecular weight excluding hydrogens is 324 g/mol. The average molecular weight is 344 g/mol. The van der Waals surface area contributed by atoms with E-state index in [1.807, 2.05) is 0 Å². The van der Waals surface area contributed by atoms with Crippen molar-refractivity contribution in [1.29, 1.82) is 0 Å². The van der Waals surface area contributed by atoms with Gasteiger partial charge in [-0.3, -0.25) is 10.1 Å². The van der Waals surface area contributed by atoms with E-state index >= 15 is 0 Å². The van der Waals surface area contributed by atoms with Gasteiger partial charge < -0.3 is 9.47 Å². The molecule has 1 N–H and O–H groups in total. The second-order valence-corrected chi connectivity index (χ2v) is 6.98. The van der Waals surface area contributed by atoms with Crippen molar-refractivity contribution in [3.8, 4) is 0 Å². The van der Waals surface area contributed by atoms with Crippen LogP contribution in [0.1, 0.15) is 19.3 Å². The van der Waals surface area contributed by atoms with E-state index in [0.717, 1.165) is 25.5 Å². The smallest absolute Gasteiger partial charge is 0.270 e. The standard InChI is InChI=1S/C14H20N2O6S/c17-16(18)12-4-1-6-14(10-12)23(19,20)15-7-3-8-21-11-13-5-2-9-22-13/h1,4,6,10,13,15H,2-3,5,7-9,11H2. The van der Waals surface area contributed by atoms with Gasteiger partial charge in [0.15, 0.2) is 0 Å². The zero-order chi connectivity index (χ0) is 16.7. The molecule has 0 aliphatic carbocycles. The molecule has 128 valence electrons. The lowest BCUT2D eigenvalue weighted by Gasteiger charge is -2.10. The minimum atomic E-state index is -3.75. The largest absolute Gasteiger partial charge is 0.379 e. The molecule has 1 atom stereocenters. The molecule has 1 aromatic carbocycles. The van der Waals surface area contributed by atoms with Crippen LogP contribution in [0.2, 0.25) is 0 Å². The second-order valence-electron chi connectivity index (χ2n) is 5.22. The summed E-state index contributed by atoms with van der Waals surface area (Å²) in [4.78, 5) is 9.94. The highest BCUT2D eigenvalue weighted by Crippen LogP contribution is 2.17. The third kappa shape index (κ3) is 5.54. The summed E-state index contributed by atoms with van der Waals surface area (Å²) in [7, 11) is -3.75. The lowest BCUT2D eigenvalue weighted by molar-refractivity contribution is -0.385. The van der Waals surface area contributed by atoms with Crippen LogP contribution in [0.3, 0.4) is 0 Å². The van der Waals surface area contributed by atoms with Crippen LogP contribution < -0.4 is 4.72 Å². The Morgan fingerprint density at radius 3 is 2.96 bits per heavy atom. The fourth-order valence-corrected chi connectivity index (χ4v) is 3.33. The predicted molar refractivity (Wildman–Crippen MR) is 82.7 cm³/mol. The van der Waals surface area contributed by atoms with Gasteiger partial charge in [-0.1, -0.05) is 6.07 Å². The molecule has 23 heavy (non-hydrogen) atoms. The number of nitro benzene ring substituents is 1. The van der Waals surface area contributed by atoms with Gasteiger partial charge in [0, 0.05) is 31.9 Å². The number of sulfonamides is 1. The molecule has 1 aliphatic heterocycles. The molecule has 0 amide bonds. The molecule has 1 aliphatic rings. The molecule has 2 rings (SSSR count). The number of hydrogen-bond acceptors (Lipinski definition) is 6. The molecule has 9 heteroatoms. The predicted octanol–water partition coefficient (Wildman–Crippen LogP) is 1.46.